The SMILES string of the molecule is CC(C)=CC1C(C(=O)NC(C(=O)Nc2c(C)cccc2C)c2ccccc2)C1(C)C. The van der Waals surface area contributed by atoms with Gasteiger partial charge in [-0.15, -0.1) is 0 Å². The molecule has 4 heteroatoms. The molecule has 0 bridgehead atoms. The molecule has 0 spiro atoms. The zero-order valence-corrected chi connectivity index (χ0v) is 18.7. The van der Waals surface area contributed by atoms with Crippen molar-refractivity contribution in [2.75, 3.05) is 5.32 Å². The van der Waals surface area contributed by atoms with Crippen molar-refractivity contribution in [2.45, 2.75) is 47.6 Å². The quantitative estimate of drug-likeness (QED) is 0.639. The van der Waals surface area contributed by atoms with Crippen LogP contribution in [0.3, 0.4) is 0 Å². The third kappa shape index (κ3) is 4.48. The van der Waals surface area contributed by atoms with E-state index < -0.39 is 6.04 Å². The van der Waals surface area contributed by atoms with Crippen LogP contribution in [-0.4, -0.2) is 11.8 Å². The number of amides is 2. The number of anilines is 1. The highest BCUT2D eigenvalue weighted by Gasteiger charge is 2.60. The van der Waals surface area contributed by atoms with Gasteiger partial charge >= 0.3 is 0 Å². The van der Waals surface area contributed by atoms with Crippen molar-refractivity contribution in [3.8, 4) is 0 Å². The number of rotatable bonds is 6. The van der Waals surface area contributed by atoms with E-state index in [1.165, 1.54) is 5.57 Å². The number of hydrogen-bond acceptors (Lipinski definition) is 2. The van der Waals surface area contributed by atoms with Gasteiger partial charge in [-0.3, -0.25) is 9.59 Å². The van der Waals surface area contributed by atoms with Gasteiger partial charge in [-0.05, 0) is 55.7 Å². The Bertz CT molecular complexity index is 952. The Hall–Kier alpha value is -2.88. The molecule has 2 aromatic carbocycles. The van der Waals surface area contributed by atoms with Crippen LogP contribution in [0.5, 0.6) is 0 Å². The molecule has 1 aliphatic rings. The molecule has 0 heterocycles. The summed E-state index contributed by atoms with van der Waals surface area (Å²) in [4.78, 5) is 26.4. The predicted octanol–water partition coefficient (Wildman–Crippen LogP) is 5.34. The summed E-state index contributed by atoms with van der Waals surface area (Å²) in [7, 11) is 0. The Morgan fingerprint density at radius 3 is 2.13 bits per heavy atom. The molecular formula is C26H32N2O2. The molecule has 3 atom stereocenters. The number of allylic oxidation sites excluding steroid dienone is 2. The first-order valence-corrected chi connectivity index (χ1v) is 10.5. The molecule has 3 unspecified atom stereocenters. The molecule has 0 saturated heterocycles. The van der Waals surface area contributed by atoms with Crippen molar-refractivity contribution in [2.24, 2.45) is 17.3 Å². The molecule has 2 N–H and O–H groups in total. The normalized spacial score (nSPS) is 20.1. The van der Waals surface area contributed by atoms with E-state index in [-0.39, 0.29) is 29.1 Å². The minimum absolute atomic E-state index is 0.0759. The first-order chi connectivity index (χ1) is 14.1. The third-order valence-corrected chi connectivity index (χ3v) is 6.12. The van der Waals surface area contributed by atoms with Crippen molar-refractivity contribution in [3.05, 3.63) is 76.9 Å². The fourth-order valence-corrected chi connectivity index (χ4v) is 4.23. The van der Waals surface area contributed by atoms with Crippen LogP contribution in [0.15, 0.2) is 60.2 Å². The van der Waals surface area contributed by atoms with Crippen molar-refractivity contribution < 1.29 is 9.59 Å². The first kappa shape index (κ1) is 21.8. The average Bonchev–Trinajstić information content (AvgIpc) is 3.22. The molecule has 4 nitrogen and oxygen atoms in total. The smallest absolute Gasteiger partial charge is 0.251 e. The van der Waals surface area contributed by atoms with Gasteiger partial charge in [0.05, 0.1) is 5.92 Å². The highest BCUT2D eigenvalue weighted by Crippen LogP contribution is 2.59. The molecule has 2 aromatic rings. The van der Waals surface area contributed by atoms with Gasteiger partial charge in [0.15, 0.2) is 0 Å². The summed E-state index contributed by atoms with van der Waals surface area (Å²) in [6, 6.07) is 14.6. The molecule has 30 heavy (non-hydrogen) atoms. The van der Waals surface area contributed by atoms with Crippen molar-refractivity contribution in [1.82, 2.24) is 5.32 Å². The maximum atomic E-state index is 13.3. The molecule has 1 fully saturated rings. The van der Waals surface area contributed by atoms with E-state index in [9.17, 15) is 9.59 Å². The molecule has 0 radical (unpaired) electrons. The second-order valence-corrected chi connectivity index (χ2v) is 9.18. The van der Waals surface area contributed by atoms with Crippen molar-refractivity contribution in [1.29, 1.82) is 0 Å². The van der Waals surface area contributed by atoms with E-state index in [1.54, 1.807) is 0 Å². The van der Waals surface area contributed by atoms with Crippen LogP contribution in [0.1, 0.15) is 50.4 Å². The van der Waals surface area contributed by atoms with Gasteiger partial charge in [-0.25, -0.2) is 0 Å². The number of nitrogens with one attached hydrogen (secondary N) is 2. The van der Waals surface area contributed by atoms with Crippen LogP contribution in [0.25, 0.3) is 0 Å². The summed E-state index contributed by atoms with van der Waals surface area (Å²) >= 11 is 0. The number of aryl methyl sites for hydroxylation is 2. The number of benzene rings is 2. The maximum Gasteiger partial charge on any atom is 0.251 e. The zero-order chi connectivity index (χ0) is 22.1. The number of carbonyl (C=O) groups is 2. The van der Waals surface area contributed by atoms with E-state index in [0.717, 1.165) is 22.4 Å². The fraction of sp³-hybridized carbons (Fsp3) is 0.385. The lowest BCUT2D eigenvalue weighted by molar-refractivity contribution is -0.128. The Balaban J connectivity index is 1.85. The second kappa shape index (κ2) is 8.47. The van der Waals surface area contributed by atoms with E-state index in [4.69, 9.17) is 0 Å². The highest BCUT2D eigenvalue weighted by molar-refractivity contribution is 5.99. The number of hydrogen-bond donors (Lipinski definition) is 2. The standard InChI is InChI=1S/C26H32N2O2/c1-16(2)15-20-21(26(20,5)6)24(29)28-23(19-13-8-7-9-14-19)25(30)27-22-17(3)11-10-12-18(22)4/h7-15,20-21,23H,1-6H3,(H,27,30)(H,28,29). The van der Waals surface area contributed by atoms with E-state index in [1.807, 2.05) is 76.2 Å². The minimum atomic E-state index is -0.749. The molecule has 0 aromatic heterocycles. The summed E-state index contributed by atoms with van der Waals surface area (Å²) < 4.78 is 0. The number of carbonyl (C=O) groups excluding carboxylic acids is 2. The van der Waals surface area contributed by atoms with Crippen LogP contribution in [0, 0.1) is 31.1 Å². The van der Waals surface area contributed by atoms with Crippen LogP contribution in [-0.2, 0) is 9.59 Å². The second-order valence-electron chi connectivity index (χ2n) is 9.18. The van der Waals surface area contributed by atoms with Gasteiger partial charge < -0.3 is 10.6 Å². The van der Waals surface area contributed by atoms with Gasteiger partial charge in [-0.2, -0.15) is 0 Å². The molecule has 158 valence electrons. The van der Waals surface area contributed by atoms with Crippen LogP contribution in [0.4, 0.5) is 5.69 Å². The molecule has 1 aliphatic carbocycles. The first-order valence-electron chi connectivity index (χ1n) is 10.5. The van der Waals surface area contributed by atoms with Gasteiger partial charge in [0.2, 0.25) is 5.91 Å². The summed E-state index contributed by atoms with van der Waals surface area (Å²) in [6.45, 7) is 12.2. The van der Waals surface area contributed by atoms with Gasteiger partial charge in [-0.1, -0.05) is 74.0 Å². The molecule has 3 rings (SSSR count). The summed E-state index contributed by atoms with van der Waals surface area (Å²) in [5.41, 5.74) is 4.65. The highest BCUT2D eigenvalue weighted by atomic mass is 16.2. The lowest BCUT2D eigenvalue weighted by Gasteiger charge is -2.21. The number of para-hydroxylation sites is 1. The Morgan fingerprint density at radius 1 is 0.967 bits per heavy atom. The third-order valence-electron chi connectivity index (χ3n) is 6.12. The summed E-state index contributed by atoms with van der Waals surface area (Å²) in [6.07, 6.45) is 2.17. The van der Waals surface area contributed by atoms with Crippen molar-refractivity contribution in [3.63, 3.8) is 0 Å². The minimum Gasteiger partial charge on any atom is -0.340 e. The fourth-order valence-electron chi connectivity index (χ4n) is 4.23. The van der Waals surface area contributed by atoms with Crippen LogP contribution in [0.2, 0.25) is 0 Å². The van der Waals surface area contributed by atoms with Crippen molar-refractivity contribution >= 4 is 17.5 Å². The van der Waals surface area contributed by atoms with Gasteiger partial charge in [0.1, 0.15) is 6.04 Å². The van der Waals surface area contributed by atoms with Gasteiger partial charge in [0.25, 0.3) is 5.91 Å². The Morgan fingerprint density at radius 2 is 1.57 bits per heavy atom. The molecule has 1 saturated carbocycles. The summed E-state index contributed by atoms with van der Waals surface area (Å²) in [5, 5.41) is 6.07. The zero-order valence-electron chi connectivity index (χ0n) is 18.7. The molecule has 0 aliphatic heterocycles. The largest absolute Gasteiger partial charge is 0.340 e. The monoisotopic (exact) mass is 404 g/mol. The topological polar surface area (TPSA) is 58.2 Å². The maximum absolute atomic E-state index is 13.3. The van der Waals surface area contributed by atoms with E-state index in [2.05, 4.69) is 30.6 Å². The van der Waals surface area contributed by atoms with Crippen LogP contribution < -0.4 is 10.6 Å². The average molecular weight is 405 g/mol. The Labute approximate surface area is 179 Å². The van der Waals surface area contributed by atoms with Gasteiger partial charge in [0, 0.05) is 5.69 Å². The lowest BCUT2D eigenvalue weighted by atomic mass is 10.0. The Kier molecular flexibility index (Phi) is 6.16. The summed E-state index contributed by atoms with van der Waals surface area (Å²) in [5.74, 6) is -0.246. The molecular weight excluding hydrogens is 372 g/mol. The van der Waals surface area contributed by atoms with E-state index >= 15 is 0 Å². The van der Waals surface area contributed by atoms with E-state index in [0.29, 0.717) is 0 Å². The lowest BCUT2D eigenvalue weighted by Crippen LogP contribution is -2.38. The van der Waals surface area contributed by atoms with Crippen LogP contribution >= 0.6 is 0 Å². The predicted molar refractivity (Wildman–Crippen MR) is 122 cm³/mol. The molecule has 2 amide bonds.